The number of hydrogen-bond acceptors (Lipinski definition) is 6. The van der Waals surface area contributed by atoms with Crippen molar-refractivity contribution in [2.75, 3.05) is 6.61 Å². The Labute approximate surface area is 105 Å². The van der Waals surface area contributed by atoms with Gasteiger partial charge in [0.1, 0.15) is 6.61 Å². The zero-order valence-electron chi connectivity index (χ0n) is 9.38. The predicted octanol–water partition coefficient (Wildman–Crippen LogP) is 0.0881. The molecule has 1 aliphatic heterocycles. The fourth-order valence-electron chi connectivity index (χ4n) is 1.81. The van der Waals surface area contributed by atoms with Gasteiger partial charge in [0.15, 0.2) is 11.1 Å². The van der Waals surface area contributed by atoms with Gasteiger partial charge in [-0.05, 0) is 16.7 Å². The van der Waals surface area contributed by atoms with Gasteiger partial charge in [0.25, 0.3) is 11.0 Å². The van der Waals surface area contributed by atoms with Crippen LogP contribution in [0.2, 0.25) is 0 Å². The normalized spacial score (nSPS) is 17.4. The molecule has 1 heterocycles. The summed E-state index contributed by atoms with van der Waals surface area (Å²) in [5, 5.41) is 19.6. The summed E-state index contributed by atoms with van der Waals surface area (Å²) >= 11 is 0. The fourth-order valence-corrected chi connectivity index (χ4v) is 1.81. The first-order valence-electron chi connectivity index (χ1n) is 5.11. The van der Waals surface area contributed by atoms with E-state index in [4.69, 9.17) is 0 Å². The summed E-state index contributed by atoms with van der Waals surface area (Å²) in [5.41, 5.74) is 2.55. The number of nitro groups is 1. The average molecular weight is 268 g/mol. The molecule has 1 atom stereocenters. The fraction of sp³-hybridized carbons (Fsp3) is 0.222. The molecule has 2 rings (SSSR count). The highest BCUT2D eigenvalue weighted by molar-refractivity contribution is 5.96. The lowest BCUT2D eigenvalue weighted by Gasteiger charge is -2.29. The maximum Gasteiger partial charge on any atom is 0.294 e. The van der Waals surface area contributed by atoms with Crippen molar-refractivity contribution < 1.29 is 19.8 Å². The van der Waals surface area contributed by atoms with Crippen LogP contribution in [0.1, 0.15) is 22.0 Å². The van der Waals surface area contributed by atoms with Crippen LogP contribution in [-0.4, -0.2) is 27.8 Å². The van der Waals surface area contributed by atoms with E-state index in [2.05, 4.69) is 4.84 Å². The standard InChI is InChI=1S/C9H8N4O6/c14-9-7-4-2-1-3-6(7)8(5-19-13(17)18)11(10-9)12(15)16/h1-4,8H,5H2,(H,10,14). The van der Waals surface area contributed by atoms with E-state index in [1.165, 1.54) is 12.1 Å². The number of carbonyl (C=O) groups is 1. The second-order valence-corrected chi connectivity index (χ2v) is 3.65. The minimum Gasteiger partial charge on any atom is -0.311 e. The van der Waals surface area contributed by atoms with Gasteiger partial charge in [-0.3, -0.25) is 4.79 Å². The molecular weight excluding hydrogens is 260 g/mol. The van der Waals surface area contributed by atoms with Gasteiger partial charge in [-0.25, -0.2) is 15.5 Å². The lowest BCUT2D eigenvalue weighted by Crippen LogP contribution is -2.53. The lowest BCUT2D eigenvalue weighted by molar-refractivity contribution is -0.765. The zero-order valence-corrected chi connectivity index (χ0v) is 9.38. The number of amides is 1. The third kappa shape index (κ3) is 2.36. The zero-order chi connectivity index (χ0) is 14.0. The van der Waals surface area contributed by atoms with Crippen LogP contribution in [0.15, 0.2) is 24.3 Å². The number of benzene rings is 1. The molecule has 0 spiro atoms. The van der Waals surface area contributed by atoms with Gasteiger partial charge >= 0.3 is 0 Å². The van der Waals surface area contributed by atoms with E-state index in [9.17, 15) is 25.0 Å². The van der Waals surface area contributed by atoms with Gasteiger partial charge in [0.05, 0.1) is 0 Å². The van der Waals surface area contributed by atoms with Gasteiger partial charge < -0.3 is 4.84 Å². The van der Waals surface area contributed by atoms with Crippen molar-refractivity contribution in [1.82, 2.24) is 10.5 Å². The molecule has 100 valence electrons. The predicted molar refractivity (Wildman–Crippen MR) is 58.4 cm³/mol. The van der Waals surface area contributed by atoms with E-state index in [1.807, 2.05) is 5.43 Å². The largest absolute Gasteiger partial charge is 0.311 e. The minimum absolute atomic E-state index is 0.220. The quantitative estimate of drug-likeness (QED) is 0.605. The number of fused-ring (bicyclic) bond motifs is 1. The Morgan fingerprint density at radius 3 is 2.63 bits per heavy atom. The van der Waals surface area contributed by atoms with Gasteiger partial charge in [0.2, 0.25) is 0 Å². The van der Waals surface area contributed by atoms with E-state index in [0.29, 0.717) is 10.7 Å². The summed E-state index contributed by atoms with van der Waals surface area (Å²) in [7, 11) is 0. The molecule has 10 heteroatoms. The molecule has 1 aliphatic rings. The molecule has 0 aromatic heterocycles. The van der Waals surface area contributed by atoms with E-state index >= 15 is 0 Å². The van der Waals surface area contributed by atoms with Gasteiger partial charge in [0, 0.05) is 5.56 Å². The SMILES string of the molecule is O=C1NN([N+](=O)[O-])C(CO[N+](=O)[O-])c2ccccc21. The monoisotopic (exact) mass is 268 g/mol. The number of hydrogen-bond donors (Lipinski definition) is 1. The van der Waals surface area contributed by atoms with Gasteiger partial charge in [-0.1, -0.05) is 18.2 Å². The molecule has 0 aliphatic carbocycles. The van der Waals surface area contributed by atoms with Crippen molar-refractivity contribution in [3.63, 3.8) is 0 Å². The third-order valence-corrected chi connectivity index (χ3v) is 2.59. The highest BCUT2D eigenvalue weighted by Gasteiger charge is 2.38. The number of nitrogens with one attached hydrogen (secondary N) is 1. The van der Waals surface area contributed by atoms with E-state index in [1.54, 1.807) is 12.1 Å². The van der Waals surface area contributed by atoms with Crippen LogP contribution >= 0.6 is 0 Å². The highest BCUT2D eigenvalue weighted by atomic mass is 16.9. The molecule has 0 radical (unpaired) electrons. The summed E-state index contributed by atoms with van der Waals surface area (Å²) in [6.45, 7) is -0.564. The summed E-state index contributed by atoms with van der Waals surface area (Å²) < 4.78 is 0. The van der Waals surface area contributed by atoms with Crippen LogP contribution in [0.3, 0.4) is 0 Å². The van der Waals surface area contributed by atoms with Crippen LogP contribution in [0.5, 0.6) is 0 Å². The minimum atomic E-state index is -1.07. The molecule has 0 saturated carbocycles. The van der Waals surface area contributed by atoms with Crippen LogP contribution in [-0.2, 0) is 4.84 Å². The smallest absolute Gasteiger partial charge is 0.294 e. The van der Waals surface area contributed by atoms with Crippen LogP contribution < -0.4 is 5.43 Å². The van der Waals surface area contributed by atoms with Crippen molar-refractivity contribution in [2.45, 2.75) is 6.04 Å². The second kappa shape index (κ2) is 4.76. The van der Waals surface area contributed by atoms with Crippen LogP contribution in [0, 0.1) is 20.2 Å². The molecular formula is C9H8N4O6. The molecule has 1 aromatic rings. The number of hydrazine groups is 2. The molecule has 0 saturated heterocycles. The first-order chi connectivity index (χ1) is 9.00. The maximum absolute atomic E-state index is 11.7. The Morgan fingerprint density at radius 2 is 2.00 bits per heavy atom. The maximum atomic E-state index is 11.7. The number of nitrogens with zero attached hydrogens (tertiary/aromatic N) is 3. The first-order valence-corrected chi connectivity index (χ1v) is 5.11. The second-order valence-electron chi connectivity index (χ2n) is 3.65. The molecule has 0 bridgehead atoms. The van der Waals surface area contributed by atoms with E-state index < -0.39 is 28.7 Å². The van der Waals surface area contributed by atoms with Crippen molar-refractivity contribution in [2.24, 2.45) is 0 Å². The molecule has 1 aromatic carbocycles. The van der Waals surface area contributed by atoms with Crippen molar-refractivity contribution >= 4 is 5.91 Å². The van der Waals surface area contributed by atoms with Gasteiger partial charge in [-0.2, -0.15) is 0 Å². The Hall–Kier alpha value is -2.91. The van der Waals surface area contributed by atoms with E-state index in [0.717, 1.165) is 0 Å². The van der Waals surface area contributed by atoms with Crippen molar-refractivity contribution in [1.29, 1.82) is 0 Å². The topological polar surface area (TPSA) is 128 Å². The Bertz CT molecular complexity index is 547. The number of carbonyl (C=O) groups excluding carboxylic acids is 1. The van der Waals surface area contributed by atoms with Crippen LogP contribution in [0.25, 0.3) is 0 Å². The first kappa shape index (κ1) is 12.5. The van der Waals surface area contributed by atoms with Crippen molar-refractivity contribution in [3.8, 4) is 0 Å². The van der Waals surface area contributed by atoms with Gasteiger partial charge in [-0.15, -0.1) is 10.1 Å². The Morgan fingerprint density at radius 1 is 1.32 bits per heavy atom. The summed E-state index contributed by atoms with van der Waals surface area (Å²) in [6, 6.07) is 5.05. The number of rotatable bonds is 4. The molecule has 1 amide bonds. The molecule has 1 unspecified atom stereocenters. The Kier molecular flexibility index (Phi) is 3.14. The summed E-state index contributed by atoms with van der Waals surface area (Å²) in [4.78, 5) is 36.9. The highest BCUT2D eigenvalue weighted by Crippen LogP contribution is 2.27. The average Bonchev–Trinajstić information content (AvgIpc) is 2.37. The molecule has 1 N–H and O–H groups in total. The Balaban J connectivity index is 2.38. The third-order valence-electron chi connectivity index (χ3n) is 2.59. The summed E-state index contributed by atoms with van der Waals surface area (Å²) in [5.74, 6) is -0.648. The molecule has 19 heavy (non-hydrogen) atoms. The lowest BCUT2D eigenvalue weighted by atomic mass is 9.99. The van der Waals surface area contributed by atoms with E-state index in [-0.39, 0.29) is 5.56 Å². The molecule has 0 fully saturated rings. The molecule has 10 nitrogen and oxygen atoms in total. The summed E-state index contributed by atoms with van der Waals surface area (Å²) in [6.07, 6.45) is 0. The van der Waals surface area contributed by atoms with Crippen molar-refractivity contribution in [3.05, 3.63) is 55.6 Å². The van der Waals surface area contributed by atoms with Crippen LogP contribution in [0.4, 0.5) is 0 Å².